The number of halogens is 1. The van der Waals surface area contributed by atoms with Gasteiger partial charge in [0.2, 0.25) is 70.9 Å². The van der Waals surface area contributed by atoms with E-state index in [9.17, 15) is 38.4 Å². The maximum Gasteiger partial charge on any atom is 0.246 e. The van der Waals surface area contributed by atoms with Crippen molar-refractivity contribution in [2.24, 2.45) is 29.6 Å². The lowest BCUT2D eigenvalue weighted by atomic mass is 9.77. The summed E-state index contributed by atoms with van der Waals surface area (Å²) in [6, 6.07) is -10.5. The number of ether oxygens (including phenoxy) is 1. The SMILES string of the molecule is CCCC[C@@H]1NC(=O)[C@H](CC2CC(Br)CCC2C)NC(=O)CN(C)C(=O)[C@H](CC2CCC(OC)CC2)N(C)C(=O)[C@@H]2CCN2C(=O)[C@H](C)N(C)C(=O)[C@H]([C@@H](C)CC)NC(=O)[C@H](CC)N(C)C(=O)C[C@@H](C(=O)N2CCCCC2)N(C)C(=O)[C@H](CC(C)C)NC(=O)C(C)(C)N(C)C1=O. The van der Waals surface area contributed by atoms with Gasteiger partial charge in [-0.3, -0.25) is 57.5 Å². The lowest BCUT2D eigenvalue weighted by molar-refractivity contribution is -0.160. The third-order valence-electron chi connectivity index (χ3n) is 21.9. The molecule has 3 unspecified atom stereocenters. The van der Waals surface area contributed by atoms with Gasteiger partial charge in [0.05, 0.1) is 19.1 Å². The number of likely N-dealkylation sites (tertiary alicyclic amines) is 1. The fourth-order valence-corrected chi connectivity index (χ4v) is 15.0. The number of alkyl halides is 1. The quantitative estimate of drug-likeness (QED) is 0.170. The average Bonchev–Trinajstić information content (AvgIpc) is 0.837. The van der Waals surface area contributed by atoms with Gasteiger partial charge in [-0.15, -0.1) is 0 Å². The number of carbonyl (C=O) groups excluding carboxylic acids is 12. The molecule has 26 heteroatoms. The summed E-state index contributed by atoms with van der Waals surface area (Å²) in [7, 11) is 10.4. The van der Waals surface area contributed by atoms with Crippen LogP contribution in [0.1, 0.15) is 198 Å². The first-order valence-electron chi connectivity index (χ1n) is 35.7. The monoisotopic (exact) mass is 1410 g/mol. The van der Waals surface area contributed by atoms with Crippen molar-refractivity contribution in [3.05, 3.63) is 0 Å². The molecule has 25 nitrogen and oxygen atoms in total. The number of nitrogens with zero attached hydrogens (tertiary/aromatic N) is 8. The van der Waals surface area contributed by atoms with Gasteiger partial charge in [-0.1, -0.05) is 83.7 Å². The molecule has 0 aromatic rings. The molecule has 0 radical (unpaired) electrons. The van der Waals surface area contributed by atoms with Crippen LogP contribution in [0.4, 0.5) is 0 Å². The van der Waals surface area contributed by atoms with E-state index in [0.29, 0.717) is 51.6 Å². The number of hydrogen-bond acceptors (Lipinski definition) is 13. The van der Waals surface area contributed by atoms with Gasteiger partial charge in [0.25, 0.3) is 0 Å². The van der Waals surface area contributed by atoms with Gasteiger partial charge in [0.15, 0.2) is 0 Å². The molecular weight excluding hydrogens is 1300 g/mol. The molecule has 13 atom stereocenters. The second kappa shape index (κ2) is 36.8. The summed E-state index contributed by atoms with van der Waals surface area (Å²) in [4.78, 5) is 189. The fraction of sp³-hybridized carbons (Fsp3) is 0.829. The van der Waals surface area contributed by atoms with E-state index in [1.807, 2.05) is 27.7 Å². The van der Waals surface area contributed by atoms with Gasteiger partial charge in [-0.2, -0.15) is 0 Å². The molecule has 12 amide bonds. The highest BCUT2D eigenvalue weighted by molar-refractivity contribution is 9.09. The topological polar surface area (TPSA) is 288 Å². The van der Waals surface area contributed by atoms with Crippen LogP contribution in [0.25, 0.3) is 0 Å². The molecule has 5 aliphatic rings. The molecule has 3 aliphatic heterocycles. The van der Waals surface area contributed by atoms with Crippen molar-refractivity contribution >= 4 is 86.8 Å². The number of likely N-dealkylation sites (N-methyl/N-ethyl adjacent to an activating group) is 6. The molecule has 2 saturated carbocycles. The largest absolute Gasteiger partial charge is 0.381 e. The molecule has 3 heterocycles. The minimum Gasteiger partial charge on any atom is -0.381 e. The summed E-state index contributed by atoms with van der Waals surface area (Å²) in [5.41, 5.74) is -1.66. The molecule has 0 aromatic carbocycles. The van der Waals surface area contributed by atoms with E-state index in [1.54, 1.807) is 32.8 Å². The molecule has 544 valence electrons. The third-order valence-corrected chi connectivity index (χ3v) is 22.7. The zero-order valence-electron chi connectivity index (χ0n) is 61.0. The molecule has 5 fully saturated rings. The zero-order chi connectivity index (χ0) is 71.8. The van der Waals surface area contributed by atoms with Crippen molar-refractivity contribution in [2.75, 3.05) is 75.6 Å². The summed E-state index contributed by atoms with van der Waals surface area (Å²) in [5, 5.41) is 11.7. The maximum absolute atomic E-state index is 15.1. The molecule has 4 N–H and O–H groups in total. The molecule has 2 aliphatic carbocycles. The zero-order valence-corrected chi connectivity index (χ0v) is 62.6. The van der Waals surface area contributed by atoms with Crippen molar-refractivity contribution in [3.63, 3.8) is 0 Å². The first kappa shape index (κ1) is 80.8. The molecule has 3 saturated heterocycles. The Kier molecular flexibility index (Phi) is 30.9. The highest BCUT2D eigenvalue weighted by atomic mass is 79.9. The van der Waals surface area contributed by atoms with Gasteiger partial charge in [-0.25, -0.2) is 0 Å². The van der Waals surface area contributed by atoms with Crippen LogP contribution in [0.2, 0.25) is 0 Å². The Bertz CT molecular complexity index is 2720. The number of carbonyl (C=O) groups is 12. The van der Waals surface area contributed by atoms with Gasteiger partial charge in [0, 0.05) is 73.9 Å². The number of nitrogens with one attached hydrogen (secondary N) is 4. The maximum atomic E-state index is 15.1. The average molecular weight is 1420 g/mol. The van der Waals surface area contributed by atoms with Gasteiger partial charge in [0.1, 0.15) is 59.9 Å². The highest BCUT2D eigenvalue weighted by Gasteiger charge is 2.48. The van der Waals surface area contributed by atoms with Crippen LogP contribution >= 0.6 is 15.9 Å². The van der Waals surface area contributed by atoms with E-state index < -0.39 is 150 Å². The van der Waals surface area contributed by atoms with E-state index in [-0.39, 0.29) is 79.7 Å². The predicted octanol–water partition coefficient (Wildman–Crippen LogP) is 4.84. The summed E-state index contributed by atoms with van der Waals surface area (Å²) in [6.07, 6.45) is 9.97. The van der Waals surface area contributed by atoms with E-state index in [1.165, 1.54) is 90.4 Å². The number of amides is 12. The molecule has 0 bridgehead atoms. The molecule has 0 spiro atoms. The first-order valence-corrected chi connectivity index (χ1v) is 36.6. The van der Waals surface area contributed by atoms with Gasteiger partial charge < -0.3 is 65.2 Å². The molecule has 0 aromatic heterocycles. The number of rotatable bonds is 14. The minimum atomic E-state index is -1.66. The second-order valence-electron chi connectivity index (χ2n) is 29.4. The Hall–Kier alpha value is -5.92. The van der Waals surface area contributed by atoms with Crippen LogP contribution in [0.3, 0.4) is 0 Å². The molecular formula is C70H119BrN12O13. The Morgan fingerprint density at radius 1 is 0.646 bits per heavy atom. The lowest BCUT2D eigenvalue weighted by Crippen LogP contribution is -2.65. The van der Waals surface area contributed by atoms with E-state index in [0.717, 1.165) is 44.9 Å². The van der Waals surface area contributed by atoms with Gasteiger partial charge in [-0.05, 0) is 153 Å². The Labute approximate surface area is 580 Å². The van der Waals surface area contributed by atoms with E-state index >= 15 is 19.2 Å². The van der Waals surface area contributed by atoms with Crippen LogP contribution in [0.15, 0.2) is 0 Å². The van der Waals surface area contributed by atoms with Crippen molar-refractivity contribution in [3.8, 4) is 0 Å². The number of methoxy groups -OCH3 is 1. The summed E-state index contributed by atoms with van der Waals surface area (Å²) >= 11 is 3.80. The number of piperidine rings is 1. The third kappa shape index (κ3) is 20.6. The molecule has 96 heavy (non-hydrogen) atoms. The highest BCUT2D eigenvalue weighted by Crippen LogP contribution is 2.37. The Morgan fingerprint density at radius 2 is 1.29 bits per heavy atom. The number of hydrogen-bond donors (Lipinski definition) is 4. The van der Waals surface area contributed by atoms with Crippen LogP contribution in [0.5, 0.6) is 0 Å². The summed E-state index contributed by atoms with van der Waals surface area (Å²) in [6.45, 7) is 18.2. The van der Waals surface area contributed by atoms with E-state index in [2.05, 4.69) is 44.1 Å². The lowest BCUT2D eigenvalue weighted by Gasteiger charge is -2.45. The van der Waals surface area contributed by atoms with E-state index in [4.69, 9.17) is 4.74 Å². The fourth-order valence-electron chi connectivity index (χ4n) is 14.3. The Morgan fingerprint density at radius 3 is 1.86 bits per heavy atom. The standard InChI is InChI=1S/C70H119BrN12O13/c1-18-21-25-50-64(90)81(16)70(9,10)69(95)74-52(36-42(4)5)63(89)79(14)56(67(93)82-33-23-22-24-34-82)40-58(85)78(13)53(20-3)61(87)75-59(43(6)19-2)68(94)77(12)45(8)62(88)83-35-32-54(83)66(92)80(15)55(37-46-27-30-49(96-17)31-28-46)65(91)76(11)41-57(84)72-51(60(86)73-50)39-47-38-48(71)29-26-44(47)7/h42-56,59H,18-41H2,1-17H3,(H,72,84)(H,73,86)(H,74,95)(H,75,87)/t43-,44?,45-,46?,47?,48?,49?,50-,51-,52-,53-,54-,55-,56-,59-/m0/s1. The number of unbranched alkanes of at least 4 members (excludes halogenated alkanes) is 1. The Balaban J connectivity index is 1.61. The molecule has 5 rings (SSSR count). The summed E-state index contributed by atoms with van der Waals surface area (Å²) < 4.78 is 5.66. The second-order valence-corrected chi connectivity index (χ2v) is 30.7. The van der Waals surface area contributed by atoms with Crippen molar-refractivity contribution in [1.82, 2.24) is 60.5 Å². The smallest absolute Gasteiger partial charge is 0.246 e. The first-order chi connectivity index (χ1) is 45.1. The van der Waals surface area contributed by atoms with Crippen LogP contribution in [-0.4, -0.2) is 257 Å². The number of fused-ring (bicyclic) bond motifs is 1. The van der Waals surface area contributed by atoms with Gasteiger partial charge >= 0.3 is 0 Å². The van der Waals surface area contributed by atoms with Crippen LogP contribution < -0.4 is 21.3 Å². The van der Waals surface area contributed by atoms with Crippen molar-refractivity contribution in [1.29, 1.82) is 0 Å². The van der Waals surface area contributed by atoms with Crippen molar-refractivity contribution < 1.29 is 62.3 Å². The van der Waals surface area contributed by atoms with Crippen LogP contribution in [0, 0.1) is 29.6 Å². The van der Waals surface area contributed by atoms with Crippen molar-refractivity contribution in [2.45, 2.75) is 269 Å². The summed E-state index contributed by atoms with van der Waals surface area (Å²) in [5.74, 6) is -7.68. The van der Waals surface area contributed by atoms with Crippen LogP contribution in [-0.2, 0) is 62.3 Å². The predicted molar refractivity (Wildman–Crippen MR) is 369 cm³/mol. The normalized spacial score (nSPS) is 31.5. The minimum absolute atomic E-state index is 0.00598.